The van der Waals surface area contributed by atoms with Crippen LogP contribution in [0.25, 0.3) is 17.1 Å². The zero-order valence-corrected chi connectivity index (χ0v) is 11.3. The molecule has 2 aromatic heterocycles. The first-order chi connectivity index (χ1) is 9.67. The summed E-state index contributed by atoms with van der Waals surface area (Å²) in [4.78, 5) is 11.2. The Labute approximate surface area is 116 Å². The minimum absolute atomic E-state index is 0.513. The van der Waals surface area contributed by atoms with Gasteiger partial charge in [-0.25, -0.2) is 4.68 Å². The molecule has 20 heavy (non-hydrogen) atoms. The summed E-state index contributed by atoms with van der Waals surface area (Å²) in [6.07, 6.45) is 4.09. The van der Waals surface area contributed by atoms with Gasteiger partial charge < -0.3 is 4.42 Å². The summed E-state index contributed by atoms with van der Waals surface area (Å²) in [6, 6.07) is 9.73. The lowest BCUT2D eigenvalue weighted by Gasteiger charge is -2.04. The molecule has 0 aliphatic rings. The number of carbonyl (C=O) groups excluding carboxylic acids is 1. The van der Waals surface area contributed by atoms with Gasteiger partial charge in [-0.3, -0.25) is 4.79 Å². The minimum atomic E-state index is 0.513. The van der Waals surface area contributed by atoms with E-state index in [4.69, 9.17) is 4.42 Å². The first kappa shape index (κ1) is 12.4. The SMILES string of the molecule is Cc1cc(C)cc(-n2cc(C=O)c(-c3ccco3)n2)c1. The topological polar surface area (TPSA) is 48.0 Å². The Morgan fingerprint density at radius 1 is 1.20 bits per heavy atom. The number of benzene rings is 1. The van der Waals surface area contributed by atoms with Crippen molar-refractivity contribution in [2.24, 2.45) is 0 Å². The van der Waals surface area contributed by atoms with Crippen molar-refractivity contribution in [1.29, 1.82) is 0 Å². The molecule has 2 heterocycles. The van der Waals surface area contributed by atoms with Crippen molar-refractivity contribution in [3.8, 4) is 17.1 Å². The monoisotopic (exact) mass is 266 g/mol. The summed E-state index contributed by atoms with van der Waals surface area (Å²) < 4.78 is 7.03. The van der Waals surface area contributed by atoms with E-state index >= 15 is 0 Å². The van der Waals surface area contributed by atoms with Crippen molar-refractivity contribution in [1.82, 2.24) is 9.78 Å². The lowest BCUT2D eigenvalue weighted by Crippen LogP contribution is -1.96. The molecule has 1 aromatic carbocycles. The molecule has 0 saturated heterocycles. The van der Waals surface area contributed by atoms with Crippen LogP contribution in [0.5, 0.6) is 0 Å². The smallest absolute Gasteiger partial charge is 0.154 e. The minimum Gasteiger partial charge on any atom is -0.463 e. The third-order valence-electron chi connectivity index (χ3n) is 3.10. The Kier molecular flexibility index (Phi) is 2.99. The van der Waals surface area contributed by atoms with E-state index in [2.05, 4.69) is 11.2 Å². The highest BCUT2D eigenvalue weighted by molar-refractivity contribution is 5.84. The van der Waals surface area contributed by atoms with E-state index in [1.807, 2.05) is 26.0 Å². The summed E-state index contributed by atoms with van der Waals surface area (Å²) in [5.74, 6) is 0.593. The van der Waals surface area contributed by atoms with Gasteiger partial charge in [-0.1, -0.05) is 6.07 Å². The Bertz CT molecular complexity index is 735. The number of aryl methyl sites for hydroxylation is 2. The molecule has 3 aromatic rings. The molecule has 0 atom stereocenters. The van der Waals surface area contributed by atoms with Crippen LogP contribution in [0.2, 0.25) is 0 Å². The molecule has 4 heteroatoms. The maximum atomic E-state index is 11.2. The summed E-state index contributed by atoms with van der Waals surface area (Å²) in [5, 5.41) is 4.47. The van der Waals surface area contributed by atoms with E-state index in [0.717, 1.165) is 23.1 Å². The normalized spacial score (nSPS) is 10.7. The fourth-order valence-electron chi connectivity index (χ4n) is 2.29. The van der Waals surface area contributed by atoms with Crippen LogP contribution in [0.4, 0.5) is 0 Å². The highest BCUT2D eigenvalue weighted by Crippen LogP contribution is 2.23. The zero-order valence-electron chi connectivity index (χ0n) is 11.3. The fourth-order valence-corrected chi connectivity index (χ4v) is 2.29. The van der Waals surface area contributed by atoms with Gasteiger partial charge in [-0.15, -0.1) is 0 Å². The van der Waals surface area contributed by atoms with E-state index in [1.54, 1.807) is 29.3 Å². The van der Waals surface area contributed by atoms with Crippen molar-refractivity contribution < 1.29 is 9.21 Å². The maximum absolute atomic E-state index is 11.2. The molecule has 0 aliphatic heterocycles. The van der Waals surface area contributed by atoms with Gasteiger partial charge in [-0.05, 0) is 49.2 Å². The summed E-state index contributed by atoms with van der Waals surface area (Å²) in [5.41, 5.74) is 4.32. The average Bonchev–Trinajstić information content (AvgIpc) is 3.06. The molecule has 0 bridgehead atoms. The van der Waals surface area contributed by atoms with E-state index in [1.165, 1.54) is 0 Å². The van der Waals surface area contributed by atoms with Gasteiger partial charge in [0, 0.05) is 6.20 Å². The highest BCUT2D eigenvalue weighted by atomic mass is 16.3. The molecule has 0 saturated carbocycles. The maximum Gasteiger partial charge on any atom is 0.154 e. The number of rotatable bonds is 3. The van der Waals surface area contributed by atoms with E-state index in [0.29, 0.717) is 17.0 Å². The quantitative estimate of drug-likeness (QED) is 0.681. The predicted molar refractivity (Wildman–Crippen MR) is 76.1 cm³/mol. The summed E-state index contributed by atoms with van der Waals surface area (Å²) in [6.45, 7) is 4.07. The molecule has 0 radical (unpaired) electrons. The number of hydrogen-bond acceptors (Lipinski definition) is 3. The third-order valence-corrected chi connectivity index (χ3v) is 3.10. The first-order valence-corrected chi connectivity index (χ1v) is 6.35. The molecule has 0 N–H and O–H groups in total. The van der Waals surface area contributed by atoms with Crippen molar-refractivity contribution in [3.05, 3.63) is 59.5 Å². The second-order valence-electron chi connectivity index (χ2n) is 4.82. The van der Waals surface area contributed by atoms with Crippen molar-refractivity contribution in [3.63, 3.8) is 0 Å². The molecule has 0 amide bonds. The van der Waals surface area contributed by atoms with Gasteiger partial charge in [0.15, 0.2) is 12.0 Å². The zero-order chi connectivity index (χ0) is 14.1. The van der Waals surface area contributed by atoms with Crippen molar-refractivity contribution in [2.75, 3.05) is 0 Å². The molecule has 3 rings (SSSR count). The van der Waals surface area contributed by atoms with Gasteiger partial charge in [0.05, 0.1) is 17.5 Å². The van der Waals surface area contributed by atoms with Crippen LogP contribution in [0.3, 0.4) is 0 Å². The third kappa shape index (κ3) is 2.16. The number of furan rings is 1. The lowest BCUT2D eigenvalue weighted by atomic mass is 10.1. The first-order valence-electron chi connectivity index (χ1n) is 6.35. The Morgan fingerprint density at radius 3 is 2.55 bits per heavy atom. The van der Waals surface area contributed by atoms with Crippen LogP contribution in [0, 0.1) is 13.8 Å². The van der Waals surface area contributed by atoms with Crippen molar-refractivity contribution in [2.45, 2.75) is 13.8 Å². The molecule has 100 valence electrons. The van der Waals surface area contributed by atoms with Crippen LogP contribution in [-0.2, 0) is 0 Å². The van der Waals surface area contributed by atoms with Gasteiger partial charge >= 0.3 is 0 Å². The second-order valence-corrected chi connectivity index (χ2v) is 4.82. The number of hydrogen-bond donors (Lipinski definition) is 0. The Hall–Kier alpha value is -2.62. The highest BCUT2D eigenvalue weighted by Gasteiger charge is 2.14. The van der Waals surface area contributed by atoms with Gasteiger partial charge in [0.2, 0.25) is 0 Å². The lowest BCUT2D eigenvalue weighted by molar-refractivity contribution is 0.112. The molecular weight excluding hydrogens is 252 g/mol. The number of aromatic nitrogens is 2. The fraction of sp³-hybridized carbons (Fsp3) is 0.125. The number of aldehydes is 1. The van der Waals surface area contributed by atoms with Crippen LogP contribution in [0.1, 0.15) is 21.5 Å². The molecule has 0 spiro atoms. The average molecular weight is 266 g/mol. The Morgan fingerprint density at radius 2 is 1.95 bits per heavy atom. The van der Waals surface area contributed by atoms with E-state index in [-0.39, 0.29) is 0 Å². The standard InChI is InChI=1S/C16H14N2O2/c1-11-6-12(2)8-14(7-11)18-9-13(10-19)16(17-18)15-4-3-5-20-15/h3-10H,1-2H3. The number of carbonyl (C=O) groups is 1. The van der Waals surface area contributed by atoms with Crippen LogP contribution < -0.4 is 0 Å². The van der Waals surface area contributed by atoms with Crippen LogP contribution in [-0.4, -0.2) is 16.1 Å². The van der Waals surface area contributed by atoms with Crippen LogP contribution in [0.15, 0.2) is 47.2 Å². The molecule has 0 aliphatic carbocycles. The van der Waals surface area contributed by atoms with Gasteiger partial charge in [0.25, 0.3) is 0 Å². The van der Waals surface area contributed by atoms with Crippen molar-refractivity contribution >= 4 is 6.29 Å². The largest absolute Gasteiger partial charge is 0.463 e. The molecule has 4 nitrogen and oxygen atoms in total. The Balaban J connectivity index is 2.14. The molecule has 0 fully saturated rings. The van der Waals surface area contributed by atoms with E-state index < -0.39 is 0 Å². The van der Waals surface area contributed by atoms with Gasteiger partial charge in [0.1, 0.15) is 5.69 Å². The van der Waals surface area contributed by atoms with Gasteiger partial charge in [-0.2, -0.15) is 5.10 Å². The second kappa shape index (κ2) is 4.81. The van der Waals surface area contributed by atoms with E-state index in [9.17, 15) is 4.79 Å². The van der Waals surface area contributed by atoms with Crippen LogP contribution >= 0.6 is 0 Å². The summed E-state index contributed by atoms with van der Waals surface area (Å²) in [7, 11) is 0. The number of nitrogens with zero attached hydrogens (tertiary/aromatic N) is 2. The molecular formula is C16H14N2O2. The summed E-state index contributed by atoms with van der Waals surface area (Å²) >= 11 is 0. The predicted octanol–water partition coefficient (Wildman–Crippen LogP) is 3.56. The molecule has 0 unspecified atom stereocenters.